The van der Waals surface area contributed by atoms with E-state index in [0.717, 1.165) is 75.0 Å². The molecule has 0 radical (unpaired) electrons. The fourth-order valence-corrected chi connectivity index (χ4v) is 9.04. The van der Waals surface area contributed by atoms with Crippen LogP contribution >= 0.6 is 15.6 Å². The van der Waals surface area contributed by atoms with Gasteiger partial charge in [-0.25, -0.2) is 13.9 Å². The number of carbonyl (C=O) groups is 2. The summed E-state index contributed by atoms with van der Waals surface area (Å²) in [5.74, 6) is -0.732. The average Bonchev–Trinajstić information content (AvgIpc) is 3.52. The van der Waals surface area contributed by atoms with Crippen LogP contribution in [0.15, 0.2) is 29.2 Å². The number of nitrogen functional groups attached to an aromatic ring is 1. The van der Waals surface area contributed by atoms with Gasteiger partial charge in [0.1, 0.15) is 30.7 Å². The maximum Gasteiger partial charge on any atom is 0.481 e. The van der Waals surface area contributed by atoms with Gasteiger partial charge in [0.2, 0.25) is 0 Å². The second-order valence-electron chi connectivity index (χ2n) is 17.0. The summed E-state index contributed by atoms with van der Waals surface area (Å²) in [6.45, 7) is 4.14. The second kappa shape index (κ2) is 32.2. The molecule has 20 nitrogen and oxygen atoms in total. The molecule has 2 rings (SSSR count). The van der Waals surface area contributed by atoms with Gasteiger partial charge in [-0.1, -0.05) is 116 Å². The van der Waals surface area contributed by atoms with Crippen molar-refractivity contribution >= 4 is 33.4 Å². The Hall–Kier alpha value is -2.58. The van der Waals surface area contributed by atoms with Crippen LogP contribution in [-0.4, -0.2) is 108 Å². The highest BCUT2D eigenvalue weighted by molar-refractivity contribution is 7.61. The number of nitrogens with two attached hydrogens (primary N) is 1. The van der Waals surface area contributed by atoms with Crippen LogP contribution in [0.2, 0.25) is 0 Å². The molecule has 22 heteroatoms. The Kier molecular flexibility index (Phi) is 29.0. The molecule has 0 saturated carbocycles. The predicted octanol–water partition coefficient (Wildman–Crippen LogP) is 6.30. The van der Waals surface area contributed by atoms with E-state index in [1.54, 1.807) is 0 Å². The molecular weight excluding hydrogens is 892 g/mol. The molecule has 1 aromatic heterocycles. The zero-order valence-electron chi connectivity index (χ0n) is 38.4. The van der Waals surface area contributed by atoms with Crippen molar-refractivity contribution in [1.29, 1.82) is 0 Å². The molecule has 2 unspecified atom stereocenters. The topological polar surface area (TPSA) is 306 Å². The molecule has 0 bridgehead atoms. The molecule has 0 aliphatic carbocycles. The third-order valence-corrected chi connectivity index (χ3v) is 13.3. The lowest BCUT2D eigenvalue weighted by Crippen LogP contribution is -2.36. The minimum atomic E-state index is -5.45. The normalized spacial score (nSPS) is 21.0. The molecular formula is C43H77N3O17P2. The van der Waals surface area contributed by atoms with Gasteiger partial charge in [0.15, 0.2) is 12.3 Å². The molecule has 1 aliphatic heterocycles. The summed E-state index contributed by atoms with van der Waals surface area (Å²) in [7, 11) is -10.9. The zero-order valence-corrected chi connectivity index (χ0v) is 40.2. The summed E-state index contributed by atoms with van der Waals surface area (Å²) in [6.07, 6.45) is 12.2. The van der Waals surface area contributed by atoms with Crippen LogP contribution in [0.25, 0.3) is 0 Å². The lowest BCUT2D eigenvalue weighted by Gasteiger charge is -2.21. The van der Waals surface area contributed by atoms with Crippen molar-refractivity contribution in [2.75, 3.05) is 25.6 Å². The van der Waals surface area contributed by atoms with Gasteiger partial charge in [-0.15, -0.1) is 0 Å². The summed E-state index contributed by atoms with van der Waals surface area (Å²) >= 11 is 0. The van der Waals surface area contributed by atoms with Gasteiger partial charge in [-0.3, -0.25) is 23.2 Å². The summed E-state index contributed by atoms with van der Waals surface area (Å²) in [6, 6.07) is 1.24. The number of rotatable bonds is 37. The van der Waals surface area contributed by atoms with Crippen LogP contribution in [0.4, 0.5) is 5.82 Å². The van der Waals surface area contributed by atoms with Crippen LogP contribution in [0.5, 0.6) is 0 Å². The molecule has 0 aromatic carbocycles. The fraction of sp³-hybridized carbons (Fsp3) is 0.814. The van der Waals surface area contributed by atoms with E-state index in [-0.39, 0.29) is 18.7 Å². The maximum atomic E-state index is 12.8. The Bertz CT molecular complexity index is 1680. The Labute approximate surface area is 383 Å². The van der Waals surface area contributed by atoms with Crippen LogP contribution in [0, 0.1) is 5.92 Å². The molecule has 1 aliphatic rings. The Morgan fingerprint density at radius 1 is 0.815 bits per heavy atom. The molecule has 1 aromatic rings. The number of anilines is 1. The van der Waals surface area contributed by atoms with Crippen molar-refractivity contribution in [1.82, 2.24) is 9.55 Å². The Morgan fingerprint density at radius 2 is 1.42 bits per heavy atom. The largest absolute Gasteiger partial charge is 0.481 e. The van der Waals surface area contributed by atoms with Crippen molar-refractivity contribution in [3.05, 3.63) is 34.9 Å². The van der Waals surface area contributed by atoms with Gasteiger partial charge in [0.25, 0.3) is 0 Å². The molecule has 0 spiro atoms. The van der Waals surface area contributed by atoms with Crippen LogP contribution in [0.1, 0.15) is 162 Å². The third kappa shape index (κ3) is 25.9. The van der Waals surface area contributed by atoms with Crippen molar-refractivity contribution in [3.63, 3.8) is 0 Å². The van der Waals surface area contributed by atoms with Gasteiger partial charge in [0, 0.05) is 19.0 Å². The van der Waals surface area contributed by atoms with E-state index in [9.17, 15) is 53.7 Å². The Morgan fingerprint density at radius 3 is 2.05 bits per heavy atom. The number of carbonyl (C=O) groups excluding carboxylic acids is 2. The molecule has 376 valence electrons. The molecule has 1 fully saturated rings. The van der Waals surface area contributed by atoms with Crippen LogP contribution < -0.4 is 11.4 Å². The van der Waals surface area contributed by atoms with Gasteiger partial charge in [-0.2, -0.15) is 9.29 Å². The monoisotopic (exact) mass is 969 g/mol. The smallest absolute Gasteiger partial charge is 0.462 e. The Balaban J connectivity index is 1.86. The molecule has 2 heterocycles. The lowest BCUT2D eigenvalue weighted by molar-refractivity contribution is -0.161. The number of unbranched alkanes of at least 4 members (excludes halogenated alkanes) is 13. The SMILES string of the molecule is CCCCC/C=C\C[C@H](O)[C@@H](O)CCCCCCCC(=O)O[C@H](COC(=O)CCCCCCCCCC(C)C)COP(=O)(O)OP(=O)(O)OC[C@H]1O[C@@H](n2ccc(N)nc2=O)[C@H](O)[C@@H]1O. The number of hydrogen-bond acceptors (Lipinski definition) is 17. The second-order valence-corrected chi connectivity index (χ2v) is 20.1. The summed E-state index contributed by atoms with van der Waals surface area (Å²) in [4.78, 5) is 61.6. The number of hydrogen-bond donors (Lipinski definition) is 7. The van der Waals surface area contributed by atoms with E-state index < -0.39 is 95.9 Å². The quantitative estimate of drug-likeness (QED) is 0.0167. The van der Waals surface area contributed by atoms with E-state index >= 15 is 0 Å². The first kappa shape index (κ1) is 58.5. The minimum absolute atomic E-state index is 0.0467. The predicted molar refractivity (Wildman–Crippen MR) is 241 cm³/mol. The van der Waals surface area contributed by atoms with Gasteiger partial charge >= 0.3 is 33.3 Å². The number of aliphatic hydroxyl groups excluding tert-OH is 4. The number of nitrogens with zero attached hydrogens (tertiary/aromatic N) is 2. The number of phosphoric ester groups is 2. The molecule has 0 amide bonds. The number of allylic oxidation sites excluding steroid dienone is 1. The highest BCUT2D eigenvalue weighted by atomic mass is 31.3. The first-order valence-electron chi connectivity index (χ1n) is 23.2. The number of aliphatic hydroxyl groups is 4. The molecule has 1 saturated heterocycles. The highest BCUT2D eigenvalue weighted by Gasteiger charge is 2.46. The fourth-order valence-electron chi connectivity index (χ4n) is 6.93. The van der Waals surface area contributed by atoms with Crippen molar-refractivity contribution < 1.29 is 76.5 Å². The van der Waals surface area contributed by atoms with E-state index in [4.69, 9.17) is 29.0 Å². The first-order chi connectivity index (χ1) is 30.8. The van der Waals surface area contributed by atoms with E-state index in [2.05, 4.69) is 30.1 Å². The lowest BCUT2D eigenvalue weighted by atomic mass is 10.0. The van der Waals surface area contributed by atoms with Crippen molar-refractivity contribution in [2.45, 2.75) is 198 Å². The van der Waals surface area contributed by atoms with Gasteiger partial charge < -0.3 is 50.2 Å². The summed E-state index contributed by atoms with van der Waals surface area (Å²) < 4.78 is 56.4. The van der Waals surface area contributed by atoms with E-state index in [1.165, 1.54) is 25.3 Å². The summed E-state index contributed by atoms with van der Waals surface area (Å²) in [5.41, 5.74) is 4.56. The standard InChI is InChI=1S/C43H77N3O17P2/c1-4-5-6-7-13-18-23-34(47)35(48)24-19-14-11-16-21-26-39(50)61-33(29-58-38(49)25-20-15-10-8-9-12-17-22-32(2)3)30-59-64(54,55)63-65(56,57)60-31-36-40(51)41(52)42(62-36)46-28-27-37(44)45-43(46)53/h13,18,27-28,32-36,40-42,47-48,51-52H,4-12,14-17,19-26,29-31H2,1-3H3,(H,54,55)(H,56,57)(H2,44,45,53)/b18-13-/t33-,34+,35+,36-,40-,41-,42-/m1/s1. The van der Waals surface area contributed by atoms with E-state index in [0.29, 0.717) is 44.4 Å². The number of aromatic nitrogens is 2. The average molecular weight is 970 g/mol. The number of ether oxygens (including phenoxy) is 3. The first-order valence-corrected chi connectivity index (χ1v) is 26.2. The maximum absolute atomic E-state index is 12.8. The molecule has 9 atom stereocenters. The van der Waals surface area contributed by atoms with E-state index in [1.807, 2.05) is 12.2 Å². The molecule has 8 N–H and O–H groups in total. The zero-order chi connectivity index (χ0) is 48.3. The third-order valence-electron chi connectivity index (χ3n) is 10.7. The van der Waals surface area contributed by atoms with Crippen LogP contribution in [0.3, 0.4) is 0 Å². The van der Waals surface area contributed by atoms with Gasteiger partial charge in [0.05, 0.1) is 25.4 Å². The van der Waals surface area contributed by atoms with Crippen LogP contribution in [-0.2, 0) is 46.3 Å². The van der Waals surface area contributed by atoms with Crippen molar-refractivity contribution in [2.24, 2.45) is 5.92 Å². The number of esters is 2. The minimum Gasteiger partial charge on any atom is -0.462 e. The number of phosphoric acid groups is 2. The van der Waals surface area contributed by atoms with Crippen molar-refractivity contribution in [3.8, 4) is 0 Å². The molecule has 65 heavy (non-hydrogen) atoms. The van der Waals surface area contributed by atoms with Gasteiger partial charge in [-0.05, 0) is 50.5 Å². The highest BCUT2D eigenvalue weighted by Crippen LogP contribution is 2.60. The summed E-state index contributed by atoms with van der Waals surface area (Å²) in [5, 5.41) is 41.4.